The van der Waals surface area contributed by atoms with Crippen molar-refractivity contribution in [2.75, 3.05) is 46.4 Å². The summed E-state index contributed by atoms with van der Waals surface area (Å²) in [4.78, 5) is 28.3. The van der Waals surface area contributed by atoms with Crippen molar-refractivity contribution in [1.82, 2.24) is 15.1 Å². The van der Waals surface area contributed by atoms with E-state index in [1.807, 2.05) is 13.8 Å². The van der Waals surface area contributed by atoms with Gasteiger partial charge < -0.3 is 15.0 Å². The van der Waals surface area contributed by atoms with Crippen molar-refractivity contribution in [3.8, 4) is 0 Å². The number of carbonyl (C=O) groups is 2. The lowest BCUT2D eigenvalue weighted by Gasteiger charge is -2.33. The molecule has 0 aromatic rings. The van der Waals surface area contributed by atoms with Gasteiger partial charge in [-0.3, -0.25) is 9.69 Å². The van der Waals surface area contributed by atoms with E-state index in [2.05, 4.69) is 22.0 Å². The number of methoxy groups -OCH3 is 1. The van der Waals surface area contributed by atoms with Crippen LogP contribution in [0.15, 0.2) is 0 Å². The van der Waals surface area contributed by atoms with Crippen molar-refractivity contribution >= 4 is 11.9 Å². The number of piperazine rings is 1. The summed E-state index contributed by atoms with van der Waals surface area (Å²) in [6.45, 7) is 11.4. The third-order valence-corrected chi connectivity index (χ3v) is 3.81. The highest BCUT2D eigenvalue weighted by molar-refractivity contribution is 5.85. The van der Waals surface area contributed by atoms with E-state index in [1.54, 1.807) is 0 Å². The Hall–Kier alpha value is -1.14. The zero-order valence-corrected chi connectivity index (χ0v) is 13.7. The van der Waals surface area contributed by atoms with Crippen LogP contribution in [0.4, 0.5) is 0 Å². The molecule has 122 valence electrons. The fourth-order valence-corrected chi connectivity index (χ4v) is 2.53. The summed E-state index contributed by atoms with van der Waals surface area (Å²) in [5.74, 6) is -0.147. The van der Waals surface area contributed by atoms with Gasteiger partial charge in [-0.2, -0.15) is 0 Å². The SMILES string of the molecule is CCN1CCN(CC(=O)NC(CC(C)C)C(=O)OC)CC1. The van der Waals surface area contributed by atoms with E-state index < -0.39 is 6.04 Å². The fraction of sp³-hybridized carbons (Fsp3) is 0.867. The van der Waals surface area contributed by atoms with E-state index in [9.17, 15) is 9.59 Å². The molecular weight excluding hydrogens is 270 g/mol. The van der Waals surface area contributed by atoms with E-state index in [1.165, 1.54) is 7.11 Å². The van der Waals surface area contributed by atoms with Gasteiger partial charge in [0.05, 0.1) is 13.7 Å². The Morgan fingerprint density at radius 3 is 2.19 bits per heavy atom. The van der Waals surface area contributed by atoms with Crippen LogP contribution >= 0.6 is 0 Å². The van der Waals surface area contributed by atoms with Crippen molar-refractivity contribution in [2.24, 2.45) is 5.92 Å². The number of esters is 1. The summed E-state index contributed by atoms with van der Waals surface area (Å²) in [5.41, 5.74) is 0. The summed E-state index contributed by atoms with van der Waals surface area (Å²) >= 11 is 0. The van der Waals surface area contributed by atoms with Crippen LogP contribution < -0.4 is 5.32 Å². The van der Waals surface area contributed by atoms with Gasteiger partial charge in [0.1, 0.15) is 6.04 Å². The molecule has 1 unspecified atom stereocenters. The number of nitrogens with one attached hydrogen (secondary N) is 1. The summed E-state index contributed by atoms with van der Waals surface area (Å²) < 4.78 is 4.76. The third-order valence-electron chi connectivity index (χ3n) is 3.81. The number of hydrogen-bond donors (Lipinski definition) is 1. The van der Waals surface area contributed by atoms with Crippen molar-refractivity contribution < 1.29 is 14.3 Å². The minimum absolute atomic E-state index is 0.101. The highest BCUT2D eigenvalue weighted by Crippen LogP contribution is 2.07. The molecule has 1 saturated heterocycles. The van der Waals surface area contributed by atoms with Crippen molar-refractivity contribution in [2.45, 2.75) is 33.2 Å². The van der Waals surface area contributed by atoms with Gasteiger partial charge in [0.25, 0.3) is 0 Å². The van der Waals surface area contributed by atoms with Crippen LogP contribution in [0.25, 0.3) is 0 Å². The Balaban J connectivity index is 2.41. The number of amides is 1. The van der Waals surface area contributed by atoms with Crippen LogP contribution in [0.3, 0.4) is 0 Å². The fourth-order valence-electron chi connectivity index (χ4n) is 2.53. The van der Waals surface area contributed by atoms with E-state index in [0.717, 1.165) is 32.7 Å². The number of nitrogens with zero attached hydrogens (tertiary/aromatic N) is 2. The van der Waals surface area contributed by atoms with Crippen LogP contribution in [-0.2, 0) is 14.3 Å². The summed E-state index contributed by atoms with van der Waals surface area (Å²) in [6, 6.07) is -0.542. The topological polar surface area (TPSA) is 61.9 Å². The number of carbonyl (C=O) groups excluding carboxylic acids is 2. The molecule has 0 aromatic heterocycles. The van der Waals surface area contributed by atoms with Crippen molar-refractivity contribution in [3.63, 3.8) is 0 Å². The van der Waals surface area contributed by atoms with E-state index in [-0.39, 0.29) is 11.9 Å². The van der Waals surface area contributed by atoms with Crippen LogP contribution in [0, 0.1) is 5.92 Å². The summed E-state index contributed by atoms with van der Waals surface area (Å²) in [6.07, 6.45) is 0.599. The molecule has 1 aliphatic heterocycles. The van der Waals surface area contributed by atoms with Crippen LogP contribution in [-0.4, -0.2) is 74.1 Å². The van der Waals surface area contributed by atoms with Gasteiger partial charge in [-0.05, 0) is 18.9 Å². The van der Waals surface area contributed by atoms with E-state index >= 15 is 0 Å². The second kappa shape index (κ2) is 9.00. The minimum Gasteiger partial charge on any atom is -0.467 e. The Bertz CT molecular complexity index is 339. The number of likely N-dealkylation sites (N-methyl/N-ethyl adjacent to an activating group) is 1. The van der Waals surface area contributed by atoms with E-state index in [0.29, 0.717) is 18.9 Å². The maximum atomic E-state index is 12.1. The van der Waals surface area contributed by atoms with Crippen molar-refractivity contribution in [3.05, 3.63) is 0 Å². The number of hydrogen-bond acceptors (Lipinski definition) is 5. The highest BCUT2D eigenvalue weighted by Gasteiger charge is 2.24. The summed E-state index contributed by atoms with van der Waals surface area (Å²) in [7, 11) is 1.35. The molecule has 6 heteroatoms. The van der Waals surface area contributed by atoms with Gasteiger partial charge in [-0.1, -0.05) is 20.8 Å². The van der Waals surface area contributed by atoms with Gasteiger partial charge in [0.15, 0.2) is 0 Å². The average molecular weight is 299 g/mol. The van der Waals surface area contributed by atoms with Crippen molar-refractivity contribution in [1.29, 1.82) is 0 Å². The molecule has 1 aliphatic rings. The lowest BCUT2D eigenvalue weighted by atomic mass is 10.0. The highest BCUT2D eigenvalue weighted by atomic mass is 16.5. The quantitative estimate of drug-likeness (QED) is 0.686. The molecule has 0 bridgehead atoms. The van der Waals surface area contributed by atoms with Gasteiger partial charge in [0, 0.05) is 26.2 Å². The van der Waals surface area contributed by atoms with Gasteiger partial charge in [-0.25, -0.2) is 4.79 Å². The molecule has 1 rings (SSSR count). The average Bonchev–Trinajstić information content (AvgIpc) is 2.46. The molecule has 1 N–H and O–H groups in total. The number of ether oxygens (including phenoxy) is 1. The van der Waals surface area contributed by atoms with Crippen LogP contribution in [0.5, 0.6) is 0 Å². The Morgan fingerprint density at radius 1 is 1.14 bits per heavy atom. The molecule has 1 heterocycles. The minimum atomic E-state index is -0.542. The maximum absolute atomic E-state index is 12.1. The molecule has 0 saturated carbocycles. The lowest BCUT2D eigenvalue weighted by molar-refractivity contribution is -0.145. The predicted octanol–water partition coefficient (Wildman–Crippen LogP) is 0.328. The molecule has 0 aromatic carbocycles. The summed E-state index contributed by atoms with van der Waals surface area (Å²) in [5, 5.41) is 2.80. The molecule has 1 fully saturated rings. The number of rotatable bonds is 7. The smallest absolute Gasteiger partial charge is 0.328 e. The van der Waals surface area contributed by atoms with Crippen LogP contribution in [0.2, 0.25) is 0 Å². The zero-order chi connectivity index (χ0) is 15.8. The standard InChI is InChI=1S/C15H29N3O3/c1-5-17-6-8-18(9-7-17)11-14(19)16-13(10-12(2)3)15(20)21-4/h12-13H,5-11H2,1-4H3,(H,16,19). The van der Waals surface area contributed by atoms with Gasteiger partial charge >= 0.3 is 5.97 Å². The Kier molecular flexibility index (Phi) is 7.67. The first kappa shape index (κ1) is 17.9. The third kappa shape index (κ3) is 6.44. The molecule has 6 nitrogen and oxygen atoms in total. The maximum Gasteiger partial charge on any atom is 0.328 e. The first-order valence-corrected chi connectivity index (χ1v) is 7.78. The van der Waals surface area contributed by atoms with Crippen LogP contribution in [0.1, 0.15) is 27.2 Å². The van der Waals surface area contributed by atoms with E-state index in [4.69, 9.17) is 4.74 Å². The first-order chi connectivity index (χ1) is 9.96. The zero-order valence-electron chi connectivity index (χ0n) is 13.7. The first-order valence-electron chi connectivity index (χ1n) is 7.78. The molecular formula is C15H29N3O3. The molecule has 1 atom stereocenters. The molecule has 1 amide bonds. The molecule has 0 aliphatic carbocycles. The monoisotopic (exact) mass is 299 g/mol. The van der Waals surface area contributed by atoms with Gasteiger partial charge in [-0.15, -0.1) is 0 Å². The molecule has 0 spiro atoms. The van der Waals surface area contributed by atoms with Gasteiger partial charge in [0.2, 0.25) is 5.91 Å². The predicted molar refractivity (Wildman–Crippen MR) is 82.0 cm³/mol. The molecule has 0 radical (unpaired) electrons. The second-order valence-electron chi connectivity index (χ2n) is 5.98. The largest absolute Gasteiger partial charge is 0.467 e. The Morgan fingerprint density at radius 2 is 1.71 bits per heavy atom. The Labute approximate surface area is 127 Å². The molecule has 21 heavy (non-hydrogen) atoms. The normalized spacial score (nSPS) is 18.5. The second-order valence-corrected chi connectivity index (χ2v) is 5.98. The lowest BCUT2D eigenvalue weighted by Crippen LogP contribution is -2.51.